The van der Waals surface area contributed by atoms with Crippen molar-refractivity contribution in [1.82, 2.24) is 9.88 Å². The highest BCUT2D eigenvalue weighted by molar-refractivity contribution is 7.98. The summed E-state index contributed by atoms with van der Waals surface area (Å²) in [6.07, 6.45) is 2.06. The van der Waals surface area contributed by atoms with E-state index in [0.29, 0.717) is 18.7 Å². The molecule has 9 heteroatoms. The number of anilines is 1. The van der Waals surface area contributed by atoms with Gasteiger partial charge in [-0.05, 0) is 42.7 Å². The second-order valence-electron chi connectivity index (χ2n) is 7.01. The fourth-order valence-corrected chi connectivity index (χ4v) is 6.02. The van der Waals surface area contributed by atoms with Crippen LogP contribution < -0.4 is 4.90 Å². The quantitative estimate of drug-likeness (QED) is 0.539. The third-order valence-electron chi connectivity index (χ3n) is 5.27. The van der Waals surface area contributed by atoms with Crippen LogP contribution in [0.4, 0.5) is 5.13 Å². The second kappa shape index (κ2) is 8.56. The number of hydrogen-bond acceptors (Lipinski definition) is 7. The number of piperazine rings is 1. The zero-order valence-electron chi connectivity index (χ0n) is 16.9. The molecule has 0 aliphatic carbocycles. The molecule has 2 aromatic carbocycles. The summed E-state index contributed by atoms with van der Waals surface area (Å²) in [5.74, 6) is -0.0176. The number of nitrogens with zero attached hydrogens (tertiary/aromatic N) is 3. The van der Waals surface area contributed by atoms with Gasteiger partial charge in [0.2, 0.25) is 0 Å². The van der Waals surface area contributed by atoms with Gasteiger partial charge in [0.25, 0.3) is 5.91 Å². The van der Waals surface area contributed by atoms with Crippen LogP contribution in [0.1, 0.15) is 17.3 Å². The van der Waals surface area contributed by atoms with Gasteiger partial charge in [0.05, 0.1) is 20.9 Å². The summed E-state index contributed by atoms with van der Waals surface area (Å²) in [6, 6.07) is 12.5. The van der Waals surface area contributed by atoms with Crippen molar-refractivity contribution in [2.75, 3.05) is 43.1 Å². The molecule has 1 aliphatic rings. The van der Waals surface area contributed by atoms with Crippen LogP contribution in [-0.2, 0) is 9.84 Å². The maximum absolute atomic E-state index is 12.8. The molecule has 1 amide bonds. The number of thiazole rings is 1. The van der Waals surface area contributed by atoms with Gasteiger partial charge >= 0.3 is 0 Å². The second-order valence-corrected chi connectivity index (χ2v) is 11.1. The molecule has 0 radical (unpaired) electrons. The lowest BCUT2D eigenvalue weighted by atomic mass is 10.2. The van der Waals surface area contributed by atoms with Gasteiger partial charge in [0.1, 0.15) is 0 Å². The third-order valence-corrected chi connectivity index (χ3v) is 8.87. The third kappa shape index (κ3) is 4.06. The van der Waals surface area contributed by atoms with Crippen molar-refractivity contribution in [2.24, 2.45) is 0 Å². The number of benzene rings is 2. The molecule has 1 saturated heterocycles. The molecule has 158 valence electrons. The maximum Gasteiger partial charge on any atom is 0.253 e. The average molecular weight is 462 g/mol. The number of carbonyl (C=O) groups excluding carboxylic acids is 1. The van der Waals surface area contributed by atoms with E-state index in [0.717, 1.165) is 23.7 Å². The Balaban J connectivity index is 1.44. The zero-order valence-corrected chi connectivity index (χ0v) is 19.3. The van der Waals surface area contributed by atoms with Crippen LogP contribution in [0, 0.1) is 0 Å². The minimum absolute atomic E-state index is 0.0481. The van der Waals surface area contributed by atoms with Gasteiger partial charge in [-0.3, -0.25) is 4.79 Å². The van der Waals surface area contributed by atoms with Gasteiger partial charge in [-0.15, -0.1) is 11.8 Å². The van der Waals surface area contributed by atoms with E-state index < -0.39 is 9.84 Å². The van der Waals surface area contributed by atoms with Crippen molar-refractivity contribution >= 4 is 54.2 Å². The van der Waals surface area contributed by atoms with E-state index in [9.17, 15) is 13.2 Å². The Morgan fingerprint density at radius 1 is 1.10 bits per heavy atom. The van der Waals surface area contributed by atoms with E-state index in [1.807, 2.05) is 4.90 Å². The standard InChI is InChI=1S/C21H23N3O3S3/c1-3-30(26,27)16-9-7-15(8-10-16)20(25)23-11-13-24(14-12-23)21-22-19-17(28-2)5-4-6-18(19)29-21/h4-10H,3,11-14H2,1-2H3. The number of carbonyl (C=O) groups is 1. The molecule has 0 N–H and O–H groups in total. The summed E-state index contributed by atoms with van der Waals surface area (Å²) in [7, 11) is -3.26. The van der Waals surface area contributed by atoms with E-state index >= 15 is 0 Å². The maximum atomic E-state index is 12.8. The number of hydrogen-bond donors (Lipinski definition) is 0. The molecule has 0 unspecified atom stereocenters. The van der Waals surface area contributed by atoms with Crippen molar-refractivity contribution in [3.63, 3.8) is 0 Å². The molecule has 3 aromatic rings. The van der Waals surface area contributed by atoms with Crippen molar-refractivity contribution in [2.45, 2.75) is 16.7 Å². The van der Waals surface area contributed by atoms with Crippen molar-refractivity contribution < 1.29 is 13.2 Å². The Bertz CT molecular complexity index is 1170. The van der Waals surface area contributed by atoms with E-state index in [2.05, 4.69) is 29.4 Å². The molecule has 6 nitrogen and oxygen atoms in total. The summed E-state index contributed by atoms with van der Waals surface area (Å²) in [5, 5.41) is 0.993. The Morgan fingerprint density at radius 2 is 1.80 bits per heavy atom. The molecule has 4 rings (SSSR count). The number of para-hydroxylation sites is 1. The molecule has 0 bridgehead atoms. The van der Waals surface area contributed by atoms with Crippen LogP contribution in [-0.4, -0.2) is 62.4 Å². The predicted octanol–water partition coefficient (Wildman–Crippen LogP) is 3.77. The first-order valence-electron chi connectivity index (χ1n) is 9.73. The SMILES string of the molecule is CCS(=O)(=O)c1ccc(C(=O)N2CCN(c3nc4c(SC)cccc4s3)CC2)cc1. The summed E-state index contributed by atoms with van der Waals surface area (Å²) < 4.78 is 25.1. The van der Waals surface area contributed by atoms with Crippen LogP contribution in [0.5, 0.6) is 0 Å². The zero-order chi connectivity index (χ0) is 21.3. The van der Waals surface area contributed by atoms with Crippen LogP contribution in [0.15, 0.2) is 52.3 Å². The lowest BCUT2D eigenvalue weighted by Crippen LogP contribution is -2.48. The molecule has 0 atom stereocenters. The van der Waals surface area contributed by atoms with Gasteiger partial charge < -0.3 is 9.80 Å². The topological polar surface area (TPSA) is 70.6 Å². The smallest absolute Gasteiger partial charge is 0.253 e. The highest BCUT2D eigenvalue weighted by Gasteiger charge is 2.24. The highest BCUT2D eigenvalue weighted by atomic mass is 32.2. The van der Waals surface area contributed by atoms with Gasteiger partial charge in [-0.2, -0.15) is 0 Å². The molecule has 0 spiro atoms. The normalized spacial score (nSPS) is 15.0. The number of rotatable bonds is 5. The Morgan fingerprint density at radius 3 is 2.43 bits per heavy atom. The Hall–Kier alpha value is -2.10. The monoisotopic (exact) mass is 461 g/mol. The lowest BCUT2D eigenvalue weighted by molar-refractivity contribution is 0.0746. The van der Waals surface area contributed by atoms with E-state index in [-0.39, 0.29) is 16.6 Å². The van der Waals surface area contributed by atoms with Crippen LogP contribution in [0.2, 0.25) is 0 Å². The fourth-order valence-electron chi connectivity index (χ4n) is 3.47. The minimum Gasteiger partial charge on any atom is -0.345 e. The summed E-state index contributed by atoms with van der Waals surface area (Å²) >= 11 is 3.39. The number of sulfone groups is 1. The molecule has 30 heavy (non-hydrogen) atoms. The first kappa shape index (κ1) is 21.1. The molecule has 0 saturated carbocycles. The average Bonchev–Trinajstić information content (AvgIpc) is 3.23. The summed E-state index contributed by atoms with van der Waals surface area (Å²) in [6.45, 7) is 4.28. The van der Waals surface area contributed by atoms with Crippen molar-refractivity contribution in [3.05, 3.63) is 48.0 Å². The molecule has 2 heterocycles. The molecule has 1 aliphatic heterocycles. The van der Waals surface area contributed by atoms with Crippen LogP contribution >= 0.6 is 23.1 Å². The van der Waals surface area contributed by atoms with E-state index in [1.54, 1.807) is 42.2 Å². The van der Waals surface area contributed by atoms with Crippen molar-refractivity contribution in [3.8, 4) is 0 Å². The number of aromatic nitrogens is 1. The molecule has 1 aromatic heterocycles. The first-order valence-corrected chi connectivity index (χ1v) is 13.4. The largest absolute Gasteiger partial charge is 0.345 e. The van der Waals surface area contributed by atoms with Crippen LogP contribution in [0.25, 0.3) is 10.2 Å². The van der Waals surface area contributed by atoms with Gasteiger partial charge in [-0.1, -0.05) is 24.3 Å². The molecular formula is C21H23N3O3S3. The Kier molecular flexibility index (Phi) is 6.04. The Labute approximate surface area is 184 Å². The number of thioether (sulfide) groups is 1. The lowest BCUT2D eigenvalue weighted by Gasteiger charge is -2.34. The fraction of sp³-hybridized carbons (Fsp3) is 0.333. The van der Waals surface area contributed by atoms with Gasteiger partial charge in [-0.25, -0.2) is 13.4 Å². The van der Waals surface area contributed by atoms with Gasteiger partial charge in [0, 0.05) is 36.6 Å². The van der Waals surface area contributed by atoms with Crippen LogP contribution in [0.3, 0.4) is 0 Å². The predicted molar refractivity (Wildman–Crippen MR) is 124 cm³/mol. The first-order chi connectivity index (χ1) is 14.4. The summed E-state index contributed by atoms with van der Waals surface area (Å²) in [5.41, 5.74) is 1.56. The summed E-state index contributed by atoms with van der Waals surface area (Å²) in [4.78, 5) is 23.2. The number of amides is 1. The van der Waals surface area contributed by atoms with E-state index in [1.165, 1.54) is 21.7 Å². The van der Waals surface area contributed by atoms with Gasteiger partial charge in [0.15, 0.2) is 15.0 Å². The van der Waals surface area contributed by atoms with E-state index in [4.69, 9.17) is 4.98 Å². The molecular weight excluding hydrogens is 438 g/mol. The minimum atomic E-state index is -3.26. The number of fused-ring (bicyclic) bond motifs is 1. The van der Waals surface area contributed by atoms with Crippen molar-refractivity contribution in [1.29, 1.82) is 0 Å². The molecule has 1 fully saturated rings. The highest BCUT2D eigenvalue weighted by Crippen LogP contribution is 2.34.